The Kier molecular flexibility index (Phi) is 6.46. The van der Waals surface area contributed by atoms with Crippen molar-refractivity contribution in [3.63, 3.8) is 0 Å². The zero-order chi connectivity index (χ0) is 14.4. The maximum absolute atomic E-state index is 13.5. The molecule has 1 aromatic rings. The van der Waals surface area contributed by atoms with Crippen molar-refractivity contribution in [1.29, 1.82) is 0 Å². The van der Waals surface area contributed by atoms with Crippen molar-refractivity contribution in [2.45, 2.75) is 40.2 Å². The van der Waals surface area contributed by atoms with Crippen LogP contribution in [0.25, 0.3) is 0 Å². The molecular weight excluding hydrogens is 239 g/mol. The average molecular weight is 266 g/mol. The predicted octanol–water partition coefficient (Wildman–Crippen LogP) is 3.50. The van der Waals surface area contributed by atoms with Crippen molar-refractivity contribution in [2.75, 3.05) is 19.6 Å². The Morgan fingerprint density at radius 3 is 2.53 bits per heavy atom. The van der Waals surface area contributed by atoms with E-state index in [2.05, 4.69) is 25.7 Å². The van der Waals surface area contributed by atoms with Gasteiger partial charge in [0.15, 0.2) is 0 Å². The van der Waals surface area contributed by atoms with Crippen LogP contribution in [0.5, 0.6) is 0 Å². The SMILES string of the molecule is CCC(C)CN(CC)C(CN)c1cc(F)ccc1C. The highest BCUT2D eigenvalue weighted by atomic mass is 19.1. The monoisotopic (exact) mass is 266 g/mol. The fourth-order valence-electron chi connectivity index (χ4n) is 2.45. The molecule has 2 unspecified atom stereocenters. The lowest BCUT2D eigenvalue weighted by Crippen LogP contribution is -2.37. The van der Waals surface area contributed by atoms with Crippen LogP contribution in [-0.2, 0) is 0 Å². The van der Waals surface area contributed by atoms with E-state index in [9.17, 15) is 4.39 Å². The molecule has 0 aliphatic heterocycles. The zero-order valence-electron chi connectivity index (χ0n) is 12.6. The fraction of sp³-hybridized carbons (Fsp3) is 0.625. The van der Waals surface area contributed by atoms with E-state index in [0.29, 0.717) is 12.5 Å². The Morgan fingerprint density at radius 2 is 2.00 bits per heavy atom. The molecule has 0 amide bonds. The van der Waals surface area contributed by atoms with E-state index in [1.165, 1.54) is 6.07 Å². The average Bonchev–Trinajstić information content (AvgIpc) is 2.41. The summed E-state index contributed by atoms with van der Waals surface area (Å²) in [5, 5.41) is 0. The van der Waals surface area contributed by atoms with Crippen LogP contribution in [0.4, 0.5) is 4.39 Å². The van der Waals surface area contributed by atoms with Crippen molar-refractivity contribution in [2.24, 2.45) is 11.7 Å². The standard InChI is InChI=1S/C16H27FN2/c1-5-12(3)11-19(6-2)16(10-18)15-9-14(17)8-7-13(15)4/h7-9,12,16H,5-6,10-11,18H2,1-4H3. The van der Waals surface area contributed by atoms with E-state index in [-0.39, 0.29) is 11.9 Å². The number of hydrogen-bond donors (Lipinski definition) is 1. The van der Waals surface area contributed by atoms with Crippen LogP contribution >= 0.6 is 0 Å². The molecule has 2 atom stereocenters. The van der Waals surface area contributed by atoms with Gasteiger partial charge in [-0.15, -0.1) is 0 Å². The highest BCUT2D eigenvalue weighted by molar-refractivity contribution is 5.30. The summed E-state index contributed by atoms with van der Waals surface area (Å²) in [5.41, 5.74) is 8.08. The summed E-state index contributed by atoms with van der Waals surface area (Å²) in [6.45, 7) is 11.1. The first-order chi connectivity index (χ1) is 9.03. The normalized spacial score (nSPS) is 14.7. The van der Waals surface area contributed by atoms with Gasteiger partial charge in [-0.3, -0.25) is 4.90 Å². The van der Waals surface area contributed by atoms with Gasteiger partial charge in [-0.1, -0.05) is 33.3 Å². The maximum atomic E-state index is 13.5. The molecule has 1 rings (SSSR count). The van der Waals surface area contributed by atoms with Crippen molar-refractivity contribution < 1.29 is 4.39 Å². The summed E-state index contributed by atoms with van der Waals surface area (Å²) in [6, 6.07) is 5.09. The van der Waals surface area contributed by atoms with Crippen LogP contribution in [0.2, 0.25) is 0 Å². The molecule has 2 N–H and O–H groups in total. The summed E-state index contributed by atoms with van der Waals surface area (Å²) in [4.78, 5) is 2.36. The van der Waals surface area contributed by atoms with Crippen LogP contribution in [0.15, 0.2) is 18.2 Å². The number of aryl methyl sites for hydroxylation is 1. The summed E-state index contributed by atoms with van der Waals surface area (Å²) in [6.07, 6.45) is 1.15. The minimum absolute atomic E-state index is 0.106. The summed E-state index contributed by atoms with van der Waals surface area (Å²) in [7, 11) is 0. The number of hydrogen-bond acceptors (Lipinski definition) is 2. The molecule has 0 bridgehead atoms. The van der Waals surface area contributed by atoms with Gasteiger partial charge in [0, 0.05) is 19.1 Å². The molecule has 1 aromatic carbocycles. The van der Waals surface area contributed by atoms with Gasteiger partial charge in [0.05, 0.1) is 0 Å². The first-order valence-electron chi connectivity index (χ1n) is 7.23. The van der Waals surface area contributed by atoms with Crippen molar-refractivity contribution in [3.8, 4) is 0 Å². The molecule has 2 nitrogen and oxygen atoms in total. The zero-order valence-corrected chi connectivity index (χ0v) is 12.6. The second-order valence-electron chi connectivity index (χ2n) is 5.35. The molecule has 3 heteroatoms. The quantitative estimate of drug-likeness (QED) is 0.818. The van der Waals surface area contributed by atoms with E-state index < -0.39 is 0 Å². The largest absolute Gasteiger partial charge is 0.329 e. The third-order valence-electron chi connectivity index (χ3n) is 3.91. The molecule has 0 heterocycles. The lowest BCUT2D eigenvalue weighted by molar-refractivity contribution is 0.181. The van der Waals surface area contributed by atoms with Gasteiger partial charge in [0.2, 0.25) is 0 Å². The van der Waals surface area contributed by atoms with Crippen LogP contribution < -0.4 is 5.73 Å². The summed E-state index contributed by atoms with van der Waals surface area (Å²) < 4.78 is 13.5. The lowest BCUT2D eigenvalue weighted by atomic mass is 9.98. The van der Waals surface area contributed by atoms with Crippen molar-refractivity contribution in [1.82, 2.24) is 4.90 Å². The fourth-order valence-corrected chi connectivity index (χ4v) is 2.45. The molecular formula is C16H27FN2. The minimum atomic E-state index is -0.182. The van der Waals surface area contributed by atoms with Gasteiger partial charge in [-0.2, -0.15) is 0 Å². The Bertz CT molecular complexity index is 392. The van der Waals surface area contributed by atoms with Crippen LogP contribution in [0.3, 0.4) is 0 Å². The summed E-state index contributed by atoms with van der Waals surface area (Å²) >= 11 is 0. The lowest BCUT2D eigenvalue weighted by Gasteiger charge is -2.33. The van der Waals surface area contributed by atoms with E-state index in [0.717, 1.165) is 30.6 Å². The Labute approximate surface area is 116 Å². The van der Waals surface area contributed by atoms with Gasteiger partial charge < -0.3 is 5.73 Å². The van der Waals surface area contributed by atoms with E-state index >= 15 is 0 Å². The van der Waals surface area contributed by atoms with Crippen LogP contribution in [-0.4, -0.2) is 24.5 Å². The number of nitrogens with two attached hydrogens (primary N) is 1. The van der Waals surface area contributed by atoms with E-state index in [1.807, 2.05) is 13.0 Å². The van der Waals surface area contributed by atoms with Gasteiger partial charge in [0.1, 0.15) is 5.82 Å². The Morgan fingerprint density at radius 1 is 1.32 bits per heavy atom. The molecule has 0 aromatic heterocycles. The number of likely N-dealkylation sites (N-methyl/N-ethyl adjacent to an activating group) is 1. The Hall–Kier alpha value is -0.930. The molecule has 0 aliphatic carbocycles. The van der Waals surface area contributed by atoms with Crippen molar-refractivity contribution >= 4 is 0 Å². The Balaban J connectivity index is 2.99. The highest BCUT2D eigenvalue weighted by Gasteiger charge is 2.21. The smallest absolute Gasteiger partial charge is 0.123 e. The molecule has 19 heavy (non-hydrogen) atoms. The number of halogens is 1. The third-order valence-corrected chi connectivity index (χ3v) is 3.91. The minimum Gasteiger partial charge on any atom is -0.329 e. The first-order valence-corrected chi connectivity index (χ1v) is 7.23. The number of rotatable bonds is 7. The molecule has 0 saturated carbocycles. The third kappa shape index (κ3) is 4.29. The van der Waals surface area contributed by atoms with Crippen LogP contribution in [0.1, 0.15) is 44.4 Å². The van der Waals surface area contributed by atoms with Gasteiger partial charge in [-0.25, -0.2) is 4.39 Å². The maximum Gasteiger partial charge on any atom is 0.123 e. The molecule has 0 saturated heterocycles. The number of benzene rings is 1. The molecule has 0 radical (unpaired) electrons. The topological polar surface area (TPSA) is 29.3 Å². The summed E-state index contributed by atoms with van der Waals surface area (Å²) in [5.74, 6) is 0.446. The van der Waals surface area contributed by atoms with Gasteiger partial charge in [0.25, 0.3) is 0 Å². The first kappa shape index (κ1) is 16.1. The molecule has 0 spiro atoms. The molecule has 0 fully saturated rings. The van der Waals surface area contributed by atoms with Crippen molar-refractivity contribution in [3.05, 3.63) is 35.1 Å². The van der Waals surface area contributed by atoms with Gasteiger partial charge >= 0.3 is 0 Å². The van der Waals surface area contributed by atoms with E-state index in [4.69, 9.17) is 5.73 Å². The van der Waals surface area contributed by atoms with E-state index in [1.54, 1.807) is 6.07 Å². The van der Waals surface area contributed by atoms with Gasteiger partial charge in [-0.05, 0) is 42.6 Å². The predicted molar refractivity (Wildman–Crippen MR) is 79.6 cm³/mol. The molecule has 108 valence electrons. The second kappa shape index (κ2) is 7.61. The van der Waals surface area contributed by atoms with Crippen LogP contribution in [0, 0.1) is 18.7 Å². The highest BCUT2D eigenvalue weighted by Crippen LogP contribution is 2.25. The molecule has 0 aliphatic rings. The second-order valence-corrected chi connectivity index (χ2v) is 5.35. The number of nitrogens with zero attached hydrogens (tertiary/aromatic N) is 1.